The lowest BCUT2D eigenvalue weighted by atomic mass is 10.2. The van der Waals surface area contributed by atoms with E-state index in [1.807, 2.05) is 18.3 Å². The molecule has 0 saturated carbocycles. The van der Waals surface area contributed by atoms with Gasteiger partial charge < -0.3 is 0 Å². The molecule has 0 aromatic carbocycles. The molecule has 1 nitrogen and oxygen atoms in total. The summed E-state index contributed by atoms with van der Waals surface area (Å²) in [5.74, 6) is 0. The van der Waals surface area contributed by atoms with Crippen LogP contribution in [0, 0.1) is 0 Å². The number of nitrogens with zero attached hydrogens (tertiary/aromatic N) is 1. The predicted molar refractivity (Wildman–Crippen MR) is 55.6 cm³/mol. The van der Waals surface area contributed by atoms with Crippen LogP contribution in [-0.4, -0.2) is 4.98 Å². The number of hydrogen-bond donors (Lipinski definition) is 0. The van der Waals surface area contributed by atoms with Crippen LogP contribution in [0.1, 0.15) is 36.3 Å². The van der Waals surface area contributed by atoms with E-state index in [2.05, 4.69) is 25.4 Å². The highest BCUT2D eigenvalue weighted by atomic mass is 32.1. The third kappa shape index (κ3) is 1.75. The van der Waals surface area contributed by atoms with E-state index in [4.69, 9.17) is 0 Å². The molecule has 1 heterocycles. The van der Waals surface area contributed by atoms with E-state index in [-0.39, 0.29) is 0 Å². The van der Waals surface area contributed by atoms with Gasteiger partial charge in [-0.15, -0.1) is 11.3 Å². The Kier molecular flexibility index (Phi) is 3.04. The average Bonchev–Trinajstić information content (AvgIpc) is 2.47. The fourth-order valence-electron chi connectivity index (χ4n) is 1.12. The molecule has 0 aliphatic rings. The van der Waals surface area contributed by atoms with Crippen LogP contribution in [0.15, 0.2) is 6.58 Å². The summed E-state index contributed by atoms with van der Waals surface area (Å²) in [7, 11) is 0. The molecule has 2 heteroatoms. The highest BCUT2D eigenvalue weighted by Gasteiger charge is 2.08. The van der Waals surface area contributed by atoms with Crippen LogP contribution in [0.4, 0.5) is 0 Å². The van der Waals surface area contributed by atoms with Gasteiger partial charge in [-0.1, -0.05) is 20.4 Å². The van der Waals surface area contributed by atoms with E-state index in [0.29, 0.717) is 0 Å². The molecule has 0 saturated heterocycles. The van der Waals surface area contributed by atoms with Crippen molar-refractivity contribution in [3.8, 4) is 0 Å². The number of aryl methyl sites for hydroxylation is 2. The maximum atomic E-state index is 4.52. The lowest BCUT2D eigenvalue weighted by Gasteiger charge is -1.95. The third-order valence-corrected chi connectivity index (χ3v) is 3.11. The van der Waals surface area contributed by atoms with E-state index in [1.165, 1.54) is 9.88 Å². The first-order valence-corrected chi connectivity index (χ1v) is 5.15. The highest BCUT2D eigenvalue weighted by molar-refractivity contribution is 7.11. The maximum absolute atomic E-state index is 4.52. The van der Waals surface area contributed by atoms with Gasteiger partial charge >= 0.3 is 0 Å². The molecule has 0 atom stereocenters. The van der Waals surface area contributed by atoms with Crippen LogP contribution in [0.25, 0.3) is 5.57 Å². The first-order chi connectivity index (χ1) is 5.69. The fraction of sp³-hybridized carbons (Fsp3) is 0.500. The Labute approximate surface area is 78.2 Å². The second-order valence-corrected chi connectivity index (χ2v) is 4.03. The van der Waals surface area contributed by atoms with Crippen molar-refractivity contribution in [2.45, 2.75) is 33.6 Å². The van der Waals surface area contributed by atoms with Crippen molar-refractivity contribution in [1.29, 1.82) is 0 Å². The third-order valence-electron chi connectivity index (χ3n) is 1.77. The molecule has 0 spiro atoms. The summed E-state index contributed by atoms with van der Waals surface area (Å²) in [6, 6.07) is 0. The number of allylic oxidation sites excluding steroid dienone is 1. The Morgan fingerprint density at radius 1 is 1.42 bits per heavy atom. The zero-order chi connectivity index (χ0) is 9.14. The zero-order valence-corrected chi connectivity index (χ0v) is 8.79. The van der Waals surface area contributed by atoms with Crippen LogP contribution < -0.4 is 0 Å². The van der Waals surface area contributed by atoms with E-state index in [0.717, 1.165) is 24.1 Å². The standard InChI is InChI=1S/C10H15NS/c1-5-8-10(7(3)4)11-9(6-2)12-8/h3,5-6H2,1-2,4H3. The van der Waals surface area contributed by atoms with Gasteiger partial charge in [-0.2, -0.15) is 0 Å². The Morgan fingerprint density at radius 2 is 2.08 bits per heavy atom. The Balaban J connectivity index is 3.08. The van der Waals surface area contributed by atoms with E-state index in [1.54, 1.807) is 0 Å². The predicted octanol–water partition coefficient (Wildman–Crippen LogP) is 3.30. The molecule has 1 aromatic heterocycles. The van der Waals surface area contributed by atoms with Gasteiger partial charge in [-0.25, -0.2) is 4.98 Å². The zero-order valence-electron chi connectivity index (χ0n) is 7.98. The second kappa shape index (κ2) is 3.85. The summed E-state index contributed by atoms with van der Waals surface area (Å²) in [6.07, 6.45) is 2.10. The van der Waals surface area contributed by atoms with Gasteiger partial charge in [0.05, 0.1) is 10.7 Å². The smallest absolute Gasteiger partial charge is 0.0932 e. The molecule has 0 radical (unpaired) electrons. The maximum Gasteiger partial charge on any atom is 0.0932 e. The lowest BCUT2D eigenvalue weighted by Crippen LogP contribution is -1.85. The fourth-order valence-corrected chi connectivity index (χ4v) is 2.15. The molecule has 0 fully saturated rings. The summed E-state index contributed by atoms with van der Waals surface area (Å²) >= 11 is 1.82. The monoisotopic (exact) mass is 181 g/mol. The van der Waals surface area contributed by atoms with Gasteiger partial charge in [-0.05, 0) is 25.3 Å². The Morgan fingerprint density at radius 3 is 2.42 bits per heavy atom. The van der Waals surface area contributed by atoms with Crippen LogP contribution in [0.5, 0.6) is 0 Å². The van der Waals surface area contributed by atoms with Crippen molar-refractivity contribution in [2.24, 2.45) is 0 Å². The molecule has 12 heavy (non-hydrogen) atoms. The normalized spacial score (nSPS) is 10.2. The summed E-state index contributed by atoms with van der Waals surface area (Å²) < 4.78 is 0. The Hall–Kier alpha value is -0.630. The molecule has 0 aliphatic heterocycles. The van der Waals surface area contributed by atoms with Gasteiger partial charge in [0.2, 0.25) is 0 Å². The molecule has 1 rings (SSSR count). The van der Waals surface area contributed by atoms with Crippen molar-refractivity contribution in [3.05, 3.63) is 22.2 Å². The largest absolute Gasteiger partial charge is 0.241 e. The minimum atomic E-state index is 1.03. The summed E-state index contributed by atoms with van der Waals surface area (Å²) in [6.45, 7) is 10.3. The molecular weight excluding hydrogens is 166 g/mol. The highest BCUT2D eigenvalue weighted by Crippen LogP contribution is 2.24. The van der Waals surface area contributed by atoms with Crippen molar-refractivity contribution in [2.75, 3.05) is 0 Å². The summed E-state index contributed by atoms with van der Waals surface area (Å²) in [5.41, 5.74) is 2.21. The summed E-state index contributed by atoms with van der Waals surface area (Å²) in [5, 5.41) is 1.23. The Bertz CT molecular complexity index is 286. The molecular formula is C10H15NS. The number of hydrogen-bond acceptors (Lipinski definition) is 2. The van der Waals surface area contributed by atoms with Crippen molar-refractivity contribution < 1.29 is 0 Å². The first-order valence-electron chi connectivity index (χ1n) is 4.33. The van der Waals surface area contributed by atoms with Crippen LogP contribution in [-0.2, 0) is 12.8 Å². The topological polar surface area (TPSA) is 12.9 Å². The second-order valence-electron chi connectivity index (χ2n) is 2.87. The molecule has 0 amide bonds. The number of thiazole rings is 1. The van der Waals surface area contributed by atoms with Gasteiger partial charge in [0.1, 0.15) is 0 Å². The molecule has 0 N–H and O–H groups in total. The van der Waals surface area contributed by atoms with E-state index >= 15 is 0 Å². The van der Waals surface area contributed by atoms with Gasteiger partial charge in [0, 0.05) is 4.88 Å². The van der Waals surface area contributed by atoms with Crippen LogP contribution in [0.3, 0.4) is 0 Å². The van der Waals surface area contributed by atoms with Gasteiger partial charge in [0.25, 0.3) is 0 Å². The van der Waals surface area contributed by atoms with Crippen molar-refractivity contribution in [1.82, 2.24) is 4.98 Å². The van der Waals surface area contributed by atoms with Crippen LogP contribution >= 0.6 is 11.3 Å². The molecule has 0 unspecified atom stereocenters. The van der Waals surface area contributed by atoms with Crippen molar-refractivity contribution in [3.63, 3.8) is 0 Å². The minimum Gasteiger partial charge on any atom is -0.241 e. The SMILES string of the molecule is C=C(C)c1nc(CC)sc1CC. The first kappa shape index (κ1) is 9.46. The number of aromatic nitrogens is 1. The molecule has 0 aliphatic carbocycles. The molecule has 1 aromatic rings. The average molecular weight is 181 g/mol. The number of rotatable bonds is 3. The molecule has 0 bridgehead atoms. The summed E-state index contributed by atoms with van der Waals surface area (Å²) in [4.78, 5) is 5.89. The quantitative estimate of drug-likeness (QED) is 0.697. The molecule has 66 valence electrons. The van der Waals surface area contributed by atoms with E-state index in [9.17, 15) is 0 Å². The lowest BCUT2D eigenvalue weighted by molar-refractivity contribution is 1.07. The van der Waals surface area contributed by atoms with E-state index < -0.39 is 0 Å². The minimum absolute atomic E-state index is 1.03. The van der Waals surface area contributed by atoms with Crippen molar-refractivity contribution >= 4 is 16.9 Å². The van der Waals surface area contributed by atoms with Gasteiger partial charge in [0.15, 0.2) is 0 Å². The van der Waals surface area contributed by atoms with Crippen LogP contribution in [0.2, 0.25) is 0 Å². The van der Waals surface area contributed by atoms with Gasteiger partial charge in [-0.3, -0.25) is 0 Å².